The second kappa shape index (κ2) is 8.68. The van der Waals surface area contributed by atoms with Crippen molar-refractivity contribution < 1.29 is 4.39 Å². The first-order chi connectivity index (χ1) is 11.6. The van der Waals surface area contributed by atoms with Crippen molar-refractivity contribution >= 4 is 5.96 Å². The minimum Gasteiger partial charge on any atom is -0.357 e. The van der Waals surface area contributed by atoms with Gasteiger partial charge in [0.15, 0.2) is 5.96 Å². The number of rotatable bonds is 5. The van der Waals surface area contributed by atoms with Gasteiger partial charge in [0.25, 0.3) is 0 Å². The van der Waals surface area contributed by atoms with E-state index in [0.717, 1.165) is 23.6 Å². The average molecular weight is 324 g/mol. The fourth-order valence-electron chi connectivity index (χ4n) is 2.31. The number of guanidine groups is 1. The highest BCUT2D eigenvalue weighted by molar-refractivity contribution is 5.79. The van der Waals surface area contributed by atoms with Gasteiger partial charge in [-0.2, -0.15) is 5.26 Å². The molecule has 0 aliphatic rings. The molecular formula is C19H21FN4. The first-order valence-corrected chi connectivity index (χ1v) is 7.85. The summed E-state index contributed by atoms with van der Waals surface area (Å²) in [4.78, 5) is 6.61. The molecule has 0 bridgehead atoms. The van der Waals surface area contributed by atoms with Gasteiger partial charge in [0, 0.05) is 20.1 Å². The largest absolute Gasteiger partial charge is 0.357 e. The van der Waals surface area contributed by atoms with Gasteiger partial charge in [-0.25, -0.2) is 9.38 Å². The van der Waals surface area contributed by atoms with Crippen molar-refractivity contribution in [1.29, 1.82) is 5.26 Å². The Morgan fingerprint density at radius 1 is 1.21 bits per heavy atom. The van der Waals surface area contributed by atoms with Gasteiger partial charge in [0.2, 0.25) is 0 Å². The lowest BCUT2D eigenvalue weighted by Gasteiger charge is -2.22. The van der Waals surface area contributed by atoms with Crippen LogP contribution in [0, 0.1) is 17.1 Å². The third kappa shape index (κ3) is 5.10. The fourth-order valence-corrected chi connectivity index (χ4v) is 2.31. The normalized spacial score (nSPS) is 11.0. The molecule has 0 saturated heterocycles. The lowest BCUT2D eigenvalue weighted by Crippen LogP contribution is -2.38. The van der Waals surface area contributed by atoms with Crippen molar-refractivity contribution in [2.75, 3.05) is 13.6 Å². The van der Waals surface area contributed by atoms with Gasteiger partial charge in [0.05, 0.1) is 18.2 Å². The number of nitrogens with one attached hydrogen (secondary N) is 1. The van der Waals surface area contributed by atoms with Gasteiger partial charge >= 0.3 is 0 Å². The van der Waals surface area contributed by atoms with Crippen LogP contribution in [0.2, 0.25) is 0 Å². The molecule has 2 rings (SSSR count). The second-order valence-electron chi connectivity index (χ2n) is 5.46. The van der Waals surface area contributed by atoms with Crippen LogP contribution in [-0.4, -0.2) is 24.5 Å². The van der Waals surface area contributed by atoms with Crippen LogP contribution in [0.1, 0.15) is 23.6 Å². The van der Waals surface area contributed by atoms with Crippen LogP contribution in [0.5, 0.6) is 0 Å². The maximum Gasteiger partial charge on any atom is 0.194 e. The number of halogens is 1. The summed E-state index contributed by atoms with van der Waals surface area (Å²) in [6.07, 6.45) is 0. The van der Waals surface area contributed by atoms with Crippen LogP contribution in [-0.2, 0) is 13.1 Å². The Balaban J connectivity index is 2.08. The predicted octanol–water partition coefficient (Wildman–Crippen LogP) is 3.29. The summed E-state index contributed by atoms with van der Waals surface area (Å²) < 4.78 is 13.0. The highest BCUT2D eigenvalue weighted by atomic mass is 19.1. The molecule has 124 valence electrons. The molecule has 0 aliphatic heterocycles. The summed E-state index contributed by atoms with van der Waals surface area (Å²) >= 11 is 0. The molecule has 4 nitrogen and oxygen atoms in total. The number of nitrogens with zero attached hydrogens (tertiary/aromatic N) is 3. The number of nitriles is 1. The van der Waals surface area contributed by atoms with Crippen LogP contribution < -0.4 is 5.32 Å². The Bertz CT molecular complexity index is 732. The molecule has 0 radical (unpaired) electrons. The lowest BCUT2D eigenvalue weighted by atomic mass is 10.1. The van der Waals surface area contributed by atoms with E-state index in [4.69, 9.17) is 5.26 Å². The summed E-state index contributed by atoms with van der Waals surface area (Å²) in [6.45, 7) is 3.89. The topological polar surface area (TPSA) is 51.4 Å². The Morgan fingerprint density at radius 2 is 1.96 bits per heavy atom. The summed E-state index contributed by atoms with van der Waals surface area (Å²) in [7, 11) is 1.94. The van der Waals surface area contributed by atoms with E-state index in [9.17, 15) is 4.39 Å². The van der Waals surface area contributed by atoms with E-state index in [1.807, 2.05) is 37.1 Å². The third-order valence-electron chi connectivity index (χ3n) is 3.50. The monoisotopic (exact) mass is 324 g/mol. The van der Waals surface area contributed by atoms with Gasteiger partial charge in [-0.05, 0) is 42.3 Å². The van der Waals surface area contributed by atoms with Gasteiger partial charge in [0.1, 0.15) is 5.82 Å². The first kappa shape index (κ1) is 17.5. The van der Waals surface area contributed by atoms with E-state index < -0.39 is 0 Å². The molecular weight excluding hydrogens is 303 g/mol. The van der Waals surface area contributed by atoms with Crippen LogP contribution in [0.4, 0.5) is 4.39 Å². The summed E-state index contributed by atoms with van der Waals surface area (Å²) in [5, 5.41) is 12.2. The molecule has 5 heteroatoms. The number of hydrogen-bond acceptors (Lipinski definition) is 2. The number of hydrogen-bond donors (Lipinski definition) is 1. The Kier molecular flexibility index (Phi) is 6.32. The van der Waals surface area contributed by atoms with E-state index in [2.05, 4.69) is 16.4 Å². The minimum absolute atomic E-state index is 0.237. The molecule has 0 fully saturated rings. The molecule has 0 atom stereocenters. The van der Waals surface area contributed by atoms with Crippen molar-refractivity contribution in [3.05, 3.63) is 71.0 Å². The SMILES string of the molecule is CCNC(=NCc1cccc(C#N)c1)N(C)Cc1ccc(F)cc1. The van der Waals surface area contributed by atoms with Gasteiger partial charge in [-0.1, -0.05) is 24.3 Å². The van der Waals surface area contributed by atoms with Gasteiger partial charge in [-0.3, -0.25) is 0 Å². The highest BCUT2D eigenvalue weighted by Gasteiger charge is 2.07. The summed E-state index contributed by atoms with van der Waals surface area (Å²) in [5.74, 6) is 0.531. The first-order valence-electron chi connectivity index (χ1n) is 7.85. The van der Waals surface area contributed by atoms with Gasteiger partial charge in [-0.15, -0.1) is 0 Å². The molecule has 2 aromatic rings. The Labute approximate surface area is 142 Å². The molecule has 0 aliphatic carbocycles. The van der Waals surface area contributed by atoms with Crippen molar-refractivity contribution in [3.8, 4) is 6.07 Å². The summed E-state index contributed by atoms with van der Waals surface area (Å²) in [6, 6.07) is 16.0. The lowest BCUT2D eigenvalue weighted by molar-refractivity contribution is 0.476. The maximum absolute atomic E-state index is 13.0. The Morgan fingerprint density at radius 3 is 2.62 bits per heavy atom. The maximum atomic E-state index is 13.0. The van der Waals surface area contributed by atoms with E-state index in [0.29, 0.717) is 18.7 Å². The molecule has 2 aromatic carbocycles. The molecule has 0 aromatic heterocycles. The predicted molar refractivity (Wildman–Crippen MR) is 93.8 cm³/mol. The highest BCUT2D eigenvalue weighted by Crippen LogP contribution is 2.08. The van der Waals surface area contributed by atoms with E-state index in [-0.39, 0.29) is 5.82 Å². The van der Waals surface area contributed by atoms with Crippen LogP contribution in [0.3, 0.4) is 0 Å². The quantitative estimate of drug-likeness (QED) is 0.678. The van der Waals surface area contributed by atoms with Crippen LogP contribution in [0.25, 0.3) is 0 Å². The van der Waals surface area contributed by atoms with Crippen LogP contribution in [0.15, 0.2) is 53.5 Å². The fraction of sp³-hybridized carbons (Fsp3) is 0.263. The molecule has 0 unspecified atom stereocenters. The average Bonchev–Trinajstić information content (AvgIpc) is 2.60. The molecule has 0 amide bonds. The zero-order chi connectivity index (χ0) is 17.4. The Hall–Kier alpha value is -2.87. The van der Waals surface area contributed by atoms with E-state index >= 15 is 0 Å². The van der Waals surface area contributed by atoms with Crippen molar-refractivity contribution in [2.24, 2.45) is 4.99 Å². The zero-order valence-corrected chi connectivity index (χ0v) is 14.0. The molecule has 0 spiro atoms. The standard InChI is InChI=1S/C19H21FN4/c1-3-22-19(23-13-17-6-4-5-16(11-17)12-21)24(2)14-15-7-9-18(20)10-8-15/h4-11H,3,13-14H2,1-2H3,(H,22,23). The summed E-state index contributed by atoms with van der Waals surface area (Å²) in [5.41, 5.74) is 2.63. The molecule has 1 N–H and O–H groups in total. The second-order valence-corrected chi connectivity index (χ2v) is 5.46. The van der Waals surface area contributed by atoms with E-state index in [1.54, 1.807) is 18.2 Å². The minimum atomic E-state index is -0.237. The van der Waals surface area contributed by atoms with Crippen molar-refractivity contribution in [2.45, 2.75) is 20.0 Å². The smallest absolute Gasteiger partial charge is 0.194 e. The molecule has 24 heavy (non-hydrogen) atoms. The number of aliphatic imine (C=N–C) groups is 1. The van der Waals surface area contributed by atoms with Crippen molar-refractivity contribution in [3.63, 3.8) is 0 Å². The van der Waals surface area contributed by atoms with Gasteiger partial charge < -0.3 is 10.2 Å². The zero-order valence-electron chi connectivity index (χ0n) is 14.0. The molecule has 0 saturated carbocycles. The van der Waals surface area contributed by atoms with Crippen molar-refractivity contribution in [1.82, 2.24) is 10.2 Å². The number of benzene rings is 2. The molecule has 0 heterocycles. The van der Waals surface area contributed by atoms with E-state index in [1.165, 1.54) is 12.1 Å². The van der Waals surface area contributed by atoms with Crippen LogP contribution >= 0.6 is 0 Å². The third-order valence-corrected chi connectivity index (χ3v) is 3.50.